The van der Waals surface area contributed by atoms with Crippen molar-refractivity contribution in [2.24, 2.45) is 11.8 Å². The van der Waals surface area contributed by atoms with Crippen LogP contribution in [0.5, 0.6) is 0 Å². The third-order valence-corrected chi connectivity index (χ3v) is 10.5. The predicted molar refractivity (Wildman–Crippen MR) is 205 cm³/mol. The summed E-state index contributed by atoms with van der Waals surface area (Å²) < 4.78 is 5.91. The Kier molecular flexibility index (Phi) is 15.8. The lowest BCUT2D eigenvalue weighted by atomic mass is 9.98. The Morgan fingerprint density at radius 1 is 0.839 bits per heavy atom. The maximum Gasteiger partial charge on any atom is 0.410 e. The van der Waals surface area contributed by atoms with Crippen molar-refractivity contribution < 1.29 is 43.1 Å². The molecule has 5 atom stereocenters. The van der Waals surface area contributed by atoms with E-state index >= 15 is 0 Å². The maximum absolute atomic E-state index is 14.4. The fourth-order valence-electron chi connectivity index (χ4n) is 6.92. The topological polar surface area (TPSA) is 212 Å². The molecule has 2 aliphatic heterocycles. The summed E-state index contributed by atoms with van der Waals surface area (Å²) in [6, 6.07) is 3.32. The molecule has 1 saturated heterocycles. The Bertz CT molecular complexity index is 1630. The lowest BCUT2D eigenvalue weighted by Crippen LogP contribution is -2.59. The summed E-state index contributed by atoms with van der Waals surface area (Å²) in [5, 5.41) is 13.4. The highest BCUT2D eigenvalue weighted by atomic mass is 16.6. The molecule has 5 N–H and O–H groups in total. The molecule has 2 unspecified atom stereocenters. The van der Waals surface area contributed by atoms with Crippen LogP contribution in [0.25, 0.3) is 0 Å². The number of rotatable bonds is 18. The van der Waals surface area contributed by atoms with Gasteiger partial charge in [0.05, 0.1) is 12.6 Å². The number of nitrogens with one attached hydrogen (secondary N) is 5. The van der Waals surface area contributed by atoms with Crippen LogP contribution < -0.4 is 26.6 Å². The Balaban J connectivity index is 1.49. The fraction of sp³-hybridized carbons (Fsp3) is 0.650. The molecular formula is C40H59N7O9. The molecular weight excluding hydrogens is 722 g/mol. The van der Waals surface area contributed by atoms with E-state index in [4.69, 9.17) is 4.74 Å². The van der Waals surface area contributed by atoms with Crippen molar-refractivity contribution in [2.45, 2.75) is 135 Å². The number of carbonyl (C=O) groups excluding carboxylic acids is 8. The molecule has 4 rings (SSSR count). The summed E-state index contributed by atoms with van der Waals surface area (Å²) in [6.07, 6.45) is 2.13. The molecule has 2 heterocycles. The average molecular weight is 782 g/mol. The van der Waals surface area contributed by atoms with Crippen LogP contribution in [0.15, 0.2) is 24.3 Å². The Morgan fingerprint density at radius 2 is 1.48 bits per heavy atom. The molecule has 7 amide bonds. The molecule has 1 aromatic rings. The molecule has 2 fully saturated rings. The summed E-state index contributed by atoms with van der Waals surface area (Å²) in [5.41, 5.74) is 2.15. The van der Waals surface area contributed by atoms with Crippen molar-refractivity contribution in [3.8, 4) is 0 Å². The lowest BCUT2D eigenvalue weighted by molar-refractivity contribution is -0.144. The van der Waals surface area contributed by atoms with E-state index in [1.165, 1.54) is 4.90 Å². The number of hydrogen-bond donors (Lipinski definition) is 5. The first-order chi connectivity index (χ1) is 26.6. The van der Waals surface area contributed by atoms with Gasteiger partial charge < -0.3 is 41.1 Å². The number of ketones is 1. The maximum atomic E-state index is 14.4. The number of ether oxygens (including phenoxy) is 1. The molecule has 0 bridgehead atoms. The number of nitrogens with zero attached hydrogens (tertiary/aromatic N) is 2. The smallest absolute Gasteiger partial charge is 0.410 e. The van der Waals surface area contributed by atoms with E-state index in [1.807, 2.05) is 24.3 Å². The third kappa shape index (κ3) is 12.0. The standard InChI is InChI=1S/C40H59N7O9/c1-7-29(35(50)38(53)42-27-16-17-27)43-36(51)30-20-28(56-40(55)46-19-18-25-12-8-9-13-26(25)21-46)22-47(30)39(54)34(24(4)5)45-37(52)33(23(2)3)44-32(49)15-11-10-14-31(48)41-6/h8-9,12-13,23-24,27-30,33-34H,7,10-11,14-22H2,1-6H3,(H,41,48)(H,42,53)(H,43,51)(H,44,49)(H,45,52)/t28?,29?,30-,33-,34-/m0/s1. The van der Waals surface area contributed by atoms with E-state index in [-0.39, 0.29) is 56.0 Å². The first kappa shape index (κ1) is 43.7. The molecule has 1 aromatic carbocycles. The zero-order chi connectivity index (χ0) is 41.1. The molecule has 16 nitrogen and oxygen atoms in total. The molecule has 3 aliphatic rings. The van der Waals surface area contributed by atoms with E-state index in [2.05, 4.69) is 26.6 Å². The minimum Gasteiger partial charge on any atom is -0.444 e. The molecule has 0 spiro atoms. The van der Waals surface area contributed by atoms with Crippen molar-refractivity contribution in [1.82, 2.24) is 36.4 Å². The summed E-state index contributed by atoms with van der Waals surface area (Å²) in [7, 11) is 1.54. The zero-order valence-corrected chi connectivity index (χ0v) is 33.5. The van der Waals surface area contributed by atoms with Crippen LogP contribution >= 0.6 is 0 Å². The highest BCUT2D eigenvalue weighted by Crippen LogP contribution is 2.26. The quantitative estimate of drug-likeness (QED) is 0.108. The second-order valence-electron chi connectivity index (χ2n) is 15.7. The average Bonchev–Trinajstić information content (AvgIpc) is 3.90. The van der Waals surface area contributed by atoms with Gasteiger partial charge in [0.25, 0.3) is 5.91 Å². The molecule has 56 heavy (non-hydrogen) atoms. The Labute approximate surface area is 328 Å². The fourth-order valence-corrected chi connectivity index (χ4v) is 6.92. The van der Waals surface area contributed by atoms with E-state index in [1.54, 1.807) is 46.6 Å². The van der Waals surface area contributed by atoms with Gasteiger partial charge in [-0.3, -0.25) is 33.6 Å². The first-order valence-electron chi connectivity index (χ1n) is 19.9. The van der Waals surface area contributed by atoms with Crippen LogP contribution in [-0.4, -0.2) is 114 Å². The van der Waals surface area contributed by atoms with Gasteiger partial charge in [-0.05, 0) is 61.5 Å². The van der Waals surface area contributed by atoms with Gasteiger partial charge in [0, 0.05) is 45.4 Å². The SMILES string of the molecule is CCC(NC(=O)[C@@H]1CC(OC(=O)N2CCc3ccccc3C2)CN1C(=O)[C@@H](NC(=O)[C@@H](NC(=O)CCCCC(=O)NC)C(C)C)C(C)C)C(=O)C(=O)NC1CC1. The van der Waals surface area contributed by atoms with E-state index in [0.29, 0.717) is 32.4 Å². The molecule has 1 saturated carbocycles. The van der Waals surface area contributed by atoms with Gasteiger partial charge >= 0.3 is 6.09 Å². The zero-order valence-electron chi connectivity index (χ0n) is 33.5. The number of Topliss-reactive ketones (excluding diaryl/α,β-unsaturated/α-hetero) is 1. The molecule has 0 radical (unpaired) electrons. The largest absolute Gasteiger partial charge is 0.444 e. The number of hydrogen-bond acceptors (Lipinski definition) is 9. The number of fused-ring (bicyclic) bond motifs is 1. The summed E-state index contributed by atoms with van der Waals surface area (Å²) in [6.45, 7) is 9.29. The van der Waals surface area contributed by atoms with E-state index in [9.17, 15) is 38.4 Å². The van der Waals surface area contributed by atoms with Crippen LogP contribution in [0.3, 0.4) is 0 Å². The van der Waals surface area contributed by atoms with Gasteiger partial charge in [0.1, 0.15) is 24.2 Å². The highest BCUT2D eigenvalue weighted by molar-refractivity contribution is 6.38. The van der Waals surface area contributed by atoms with Crippen LogP contribution in [0.1, 0.15) is 97.1 Å². The highest BCUT2D eigenvalue weighted by Gasteiger charge is 2.46. The van der Waals surface area contributed by atoms with Crippen LogP contribution in [-0.2, 0) is 51.3 Å². The molecule has 1 aliphatic carbocycles. The molecule has 0 aromatic heterocycles. The molecule has 308 valence electrons. The number of unbranched alkanes of at least 4 members (excludes halogenated alkanes) is 1. The van der Waals surface area contributed by atoms with Crippen LogP contribution in [0.4, 0.5) is 4.79 Å². The lowest BCUT2D eigenvalue weighted by Gasteiger charge is -2.32. The van der Waals surface area contributed by atoms with Crippen molar-refractivity contribution in [3.05, 3.63) is 35.4 Å². The minimum atomic E-state index is -1.19. The van der Waals surface area contributed by atoms with Crippen LogP contribution in [0.2, 0.25) is 0 Å². The number of carbonyl (C=O) groups is 8. The normalized spacial score (nSPS) is 19.3. The minimum absolute atomic E-state index is 0.0570. The summed E-state index contributed by atoms with van der Waals surface area (Å²) >= 11 is 0. The van der Waals surface area contributed by atoms with Gasteiger partial charge in [-0.2, -0.15) is 0 Å². The van der Waals surface area contributed by atoms with Gasteiger partial charge in [0.2, 0.25) is 35.3 Å². The van der Waals surface area contributed by atoms with Crippen molar-refractivity contribution in [3.63, 3.8) is 0 Å². The summed E-state index contributed by atoms with van der Waals surface area (Å²) in [4.78, 5) is 108. The van der Waals surface area contributed by atoms with Gasteiger partial charge in [-0.15, -0.1) is 0 Å². The number of amides is 7. The van der Waals surface area contributed by atoms with E-state index < -0.39 is 71.7 Å². The molecule has 16 heteroatoms. The number of benzene rings is 1. The Morgan fingerprint density at radius 3 is 2.09 bits per heavy atom. The third-order valence-electron chi connectivity index (χ3n) is 10.5. The van der Waals surface area contributed by atoms with Crippen molar-refractivity contribution in [1.29, 1.82) is 0 Å². The summed E-state index contributed by atoms with van der Waals surface area (Å²) in [5.74, 6) is -4.76. The van der Waals surface area contributed by atoms with Crippen molar-refractivity contribution in [2.75, 3.05) is 20.1 Å². The Hall–Kier alpha value is -5.02. The van der Waals surface area contributed by atoms with Gasteiger partial charge in [-0.1, -0.05) is 58.9 Å². The monoisotopic (exact) mass is 781 g/mol. The first-order valence-corrected chi connectivity index (χ1v) is 19.9. The van der Waals surface area contributed by atoms with Gasteiger partial charge in [0.15, 0.2) is 0 Å². The van der Waals surface area contributed by atoms with E-state index in [0.717, 1.165) is 24.0 Å². The second-order valence-corrected chi connectivity index (χ2v) is 15.7. The predicted octanol–water partition coefficient (Wildman–Crippen LogP) is 1.48. The number of likely N-dealkylation sites (tertiary alicyclic amines) is 1. The van der Waals surface area contributed by atoms with Gasteiger partial charge in [-0.25, -0.2) is 4.79 Å². The van der Waals surface area contributed by atoms with Crippen molar-refractivity contribution >= 4 is 47.3 Å². The second kappa shape index (κ2) is 20.2. The van der Waals surface area contributed by atoms with Crippen LogP contribution in [0, 0.1) is 11.8 Å².